The largest absolute Gasteiger partial charge is 0.497 e. The predicted octanol–water partition coefficient (Wildman–Crippen LogP) is 3.33. The number of rotatable bonds is 6. The van der Waals surface area contributed by atoms with Gasteiger partial charge in [-0.2, -0.15) is 0 Å². The van der Waals surface area contributed by atoms with E-state index in [-0.39, 0.29) is 0 Å². The van der Waals surface area contributed by atoms with Gasteiger partial charge in [0.15, 0.2) is 0 Å². The summed E-state index contributed by atoms with van der Waals surface area (Å²) >= 11 is 0. The van der Waals surface area contributed by atoms with Gasteiger partial charge in [-0.05, 0) is 49.9 Å². The van der Waals surface area contributed by atoms with Crippen LogP contribution in [-0.2, 0) is 6.42 Å². The lowest BCUT2D eigenvalue weighted by Crippen LogP contribution is -2.32. The Morgan fingerprint density at radius 2 is 2.28 bits per heavy atom. The van der Waals surface area contributed by atoms with Crippen molar-refractivity contribution in [3.63, 3.8) is 0 Å². The first kappa shape index (κ1) is 13.2. The first-order valence-electron chi connectivity index (χ1n) is 6.88. The van der Waals surface area contributed by atoms with Gasteiger partial charge in [0.1, 0.15) is 5.75 Å². The molecule has 2 nitrogen and oxygen atoms in total. The lowest BCUT2D eigenvalue weighted by Gasteiger charge is -2.20. The van der Waals surface area contributed by atoms with Gasteiger partial charge in [0.2, 0.25) is 0 Å². The number of hydrogen-bond acceptors (Lipinski definition) is 2. The molecule has 1 atom stereocenters. The molecule has 0 bridgehead atoms. The van der Waals surface area contributed by atoms with Crippen LogP contribution < -0.4 is 10.1 Å². The van der Waals surface area contributed by atoms with Crippen LogP contribution >= 0.6 is 0 Å². The van der Waals surface area contributed by atoms with Crippen molar-refractivity contribution in [2.24, 2.45) is 0 Å². The molecule has 0 radical (unpaired) electrons. The summed E-state index contributed by atoms with van der Waals surface area (Å²) in [4.78, 5) is 0. The van der Waals surface area contributed by atoms with Crippen LogP contribution in [-0.4, -0.2) is 19.7 Å². The normalized spacial score (nSPS) is 16.4. The third-order valence-electron chi connectivity index (χ3n) is 3.55. The maximum atomic E-state index is 5.29. The van der Waals surface area contributed by atoms with E-state index in [2.05, 4.69) is 36.5 Å². The maximum Gasteiger partial charge on any atom is 0.119 e. The Hall–Kier alpha value is -1.28. The van der Waals surface area contributed by atoms with Crippen LogP contribution in [0.2, 0.25) is 0 Å². The molecule has 0 aromatic heterocycles. The molecule has 1 aliphatic rings. The summed E-state index contributed by atoms with van der Waals surface area (Å²) in [6, 6.07) is 8.88. The van der Waals surface area contributed by atoms with Gasteiger partial charge < -0.3 is 10.1 Å². The summed E-state index contributed by atoms with van der Waals surface area (Å²) in [5.41, 5.74) is 2.92. The topological polar surface area (TPSA) is 21.3 Å². The molecule has 18 heavy (non-hydrogen) atoms. The number of hydrogen-bond donors (Lipinski definition) is 1. The monoisotopic (exact) mass is 245 g/mol. The zero-order chi connectivity index (χ0) is 12.8. The van der Waals surface area contributed by atoms with E-state index in [4.69, 9.17) is 4.74 Å². The minimum absolute atomic E-state index is 0.490. The summed E-state index contributed by atoms with van der Waals surface area (Å²) in [5.74, 6) is 0.947. The second-order valence-corrected chi connectivity index (χ2v) is 4.84. The van der Waals surface area contributed by atoms with Crippen molar-refractivity contribution < 1.29 is 4.74 Å². The van der Waals surface area contributed by atoms with E-state index in [0.29, 0.717) is 6.04 Å². The zero-order valence-corrected chi connectivity index (χ0v) is 11.4. The summed E-state index contributed by atoms with van der Waals surface area (Å²) in [7, 11) is 1.72. The van der Waals surface area contributed by atoms with Crippen LogP contribution in [0.4, 0.5) is 0 Å². The van der Waals surface area contributed by atoms with Gasteiger partial charge in [-0.25, -0.2) is 0 Å². The molecular formula is C16H23NO. The average molecular weight is 245 g/mol. The first-order valence-corrected chi connectivity index (χ1v) is 6.88. The Morgan fingerprint density at radius 1 is 1.39 bits per heavy atom. The van der Waals surface area contributed by atoms with Crippen molar-refractivity contribution in [1.29, 1.82) is 0 Å². The van der Waals surface area contributed by atoms with Crippen molar-refractivity contribution in [3.05, 3.63) is 41.5 Å². The molecule has 1 unspecified atom stereocenters. The summed E-state index contributed by atoms with van der Waals surface area (Å²) in [5, 5.41) is 3.60. The molecule has 0 heterocycles. The first-order chi connectivity index (χ1) is 8.83. The lowest BCUT2D eigenvalue weighted by atomic mass is 9.98. The summed E-state index contributed by atoms with van der Waals surface area (Å²) in [6.45, 7) is 3.19. The van der Waals surface area contributed by atoms with E-state index >= 15 is 0 Å². The highest BCUT2D eigenvalue weighted by Crippen LogP contribution is 2.24. The van der Waals surface area contributed by atoms with Gasteiger partial charge in [0.05, 0.1) is 7.11 Å². The third kappa shape index (κ3) is 3.36. The van der Waals surface area contributed by atoms with Crippen molar-refractivity contribution >= 4 is 0 Å². The van der Waals surface area contributed by atoms with Gasteiger partial charge in [-0.3, -0.25) is 0 Å². The molecule has 0 saturated carbocycles. The Labute approximate surface area is 110 Å². The standard InChI is InChI=1S/C16H23NO/c1-3-17-16(14-8-4-5-9-14)12-13-7-6-10-15(11-13)18-2/h6-8,10-11,16-17H,3-5,9,12H2,1-2H3. The molecule has 1 N–H and O–H groups in total. The Bertz CT molecular complexity index is 411. The molecule has 0 spiro atoms. The van der Waals surface area contributed by atoms with Crippen molar-refractivity contribution in [3.8, 4) is 5.75 Å². The number of allylic oxidation sites excluding steroid dienone is 1. The van der Waals surface area contributed by atoms with Crippen LogP contribution in [0.5, 0.6) is 5.75 Å². The molecule has 0 amide bonds. The fourth-order valence-electron chi connectivity index (χ4n) is 2.63. The predicted molar refractivity (Wildman–Crippen MR) is 76.1 cm³/mol. The molecule has 1 aromatic rings. The summed E-state index contributed by atoms with van der Waals surface area (Å²) in [6.07, 6.45) is 7.27. The Morgan fingerprint density at radius 3 is 2.94 bits per heavy atom. The minimum Gasteiger partial charge on any atom is -0.497 e. The zero-order valence-electron chi connectivity index (χ0n) is 11.4. The van der Waals surface area contributed by atoms with E-state index in [9.17, 15) is 0 Å². The molecule has 1 aliphatic carbocycles. The molecule has 2 heteroatoms. The highest BCUT2D eigenvalue weighted by molar-refractivity contribution is 5.30. The van der Waals surface area contributed by atoms with Crippen LogP contribution in [0.3, 0.4) is 0 Å². The van der Waals surface area contributed by atoms with Gasteiger partial charge in [0, 0.05) is 6.04 Å². The third-order valence-corrected chi connectivity index (χ3v) is 3.55. The fourth-order valence-corrected chi connectivity index (χ4v) is 2.63. The number of likely N-dealkylation sites (N-methyl/N-ethyl adjacent to an activating group) is 1. The number of nitrogens with one attached hydrogen (secondary N) is 1. The van der Waals surface area contributed by atoms with Crippen LogP contribution in [0, 0.1) is 0 Å². The van der Waals surface area contributed by atoms with Crippen molar-refractivity contribution in [2.45, 2.75) is 38.6 Å². The van der Waals surface area contributed by atoms with Gasteiger partial charge >= 0.3 is 0 Å². The second-order valence-electron chi connectivity index (χ2n) is 4.84. The molecule has 1 aromatic carbocycles. The second kappa shape index (κ2) is 6.60. The van der Waals surface area contributed by atoms with Crippen molar-refractivity contribution in [2.75, 3.05) is 13.7 Å². The average Bonchev–Trinajstić information content (AvgIpc) is 2.92. The quantitative estimate of drug-likeness (QED) is 0.776. The van der Waals surface area contributed by atoms with Crippen LogP contribution in [0.25, 0.3) is 0 Å². The van der Waals surface area contributed by atoms with E-state index < -0.39 is 0 Å². The molecule has 0 aliphatic heterocycles. The lowest BCUT2D eigenvalue weighted by molar-refractivity contribution is 0.414. The smallest absolute Gasteiger partial charge is 0.119 e. The molecule has 98 valence electrons. The fraction of sp³-hybridized carbons (Fsp3) is 0.500. The van der Waals surface area contributed by atoms with Crippen LogP contribution in [0.15, 0.2) is 35.9 Å². The van der Waals surface area contributed by atoms with E-state index in [1.54, 1.807) is 12.7 Å². The van der Waals surface area contributed by atoms with Gasteiger partial charge in [0.25, 0.3) is 0 Å². The highest BCUT2D eigenvalue weighted by Gasteiger charge is 2.16. The van der Waals surface area contributed by atoms with E-state index in [0.717, 1.165) is 18.7 Å². The van der Waals surface area contributed by atoms with Crippen molar-refractivity contribution in [1.82, 2.24) is 5.32 Å². The number of ether oxygens (including phenoxy) is 1. The molecule has 0 fully saturated rings. The van der Waals surface area contributed by atoms with E-state index in [1.807, 2.05) is 6.07 Å². The van der Waals surface area contributed by atoms with Gasteiger partial charge in [-0.1, -0.05) is 30.7 Å². The Balaban J connectivity index is 2.07. The van der Waals surface area contributed by atoms with E-state index in [1.165, 1.54) is 24.8 Å². The SMILES string of the molecule is CCNC(Cc1cccc(OC)c1)C1=CCCC1. The number of methoxy groups -OCH3 is 1. The highest BCUT2D eigenvalue weighted by atomic mass is 16.5. The molecule has 0 saturated heterocycles. The summed E-state index contributed by atoms with van der Waals surface area (Å²) < 4.78 is 5.29. The number of benzene rings is 1. The maximum absolute atomic E-state index is 5.29. The van der Waals surface area contributed by atoms with Crippen LogP contribution in [0.1, 0.15) is 31.7 Å². The van der Waals surface area contributed by atoms with Gasteiger partial charge in [-0.15, -0.1) is 0 Å². The molecular weight excluding hydrogens is 222 g/mol. The molecule has 2 rings (SSSR count). The Kier molecular flexibility index (Phi) is 4.82. The minimum atomic E-state index is 0.490.